The smallest absolute Gasteiger partial charge is 0.168 e. The summed E-state index contributed by atoms with van der Waals surface area (Å²) in [7, 11) is 3.32. The second kappa shape index (κ2) is 12.7. The summed E-state index contributed by atoms with van der Waals surface area (Å²) in [5, 5.41) is 9.55. The predicted octanol–water partition coefficient (Wildman–Crippen LogP) is 4.15. The molecule has 0 amide bonds. The van der Waals surface area contributed by atoms with E-state index in [4.69, 9.17) is 21.1 Å². The van der Waals surface area contributed by atoms with Crippen molar-refractivity contribution < 1.29 is 18.7 Å². The number of carbonyl (C=O) groups excluding carboxylic acids is 1. The molecular weight excluding hydrogens is 421 g/mol. The number of halogens is 2. The zero-order chi connectivity index (χ0) is 23.6. The van der Waals surface area contributed by atoms with E-state index in [0.717, 1.165) is 11.8 Å². The molecule has 0 heterocycles. The molecule has 8 heteroatoms. The van der Waals surface area contributed by atoms with Crippen LogP contribution in [0.1, 0.15) is 39.7 Å². The average Bonchev–Trinajstić information content (AvgIpc) is 2.70. The van der Waals surface area contributed by atoms with Crippen molar-refractivity contribution in [2.75, 3.05) is 27.3 Å². The van der Waals surface area contributed by atoms with Gasteiger partial charge in [-0.3, -0.25) is 4.79 Å². The van der Waals surface area contributed by atoms with Crippen LogP contribution >= 0.6 is 11.6 Å². The fourth-order valence-corrected chi connectivity index (χ4v) is 3.43. The van der Waals surface area contributed by atoms with E-state index in [1.807, 2.05) is 13.8 Å². The molecule has 1 aromatic rings. The molecule has 0 aromatic heterocycles. The molecule has 0 aliphatic heterocycles. The van der Waals surface area contributed by atoms with Crippen LogP contribution in [0.3, 0.4) is 0 Å². The lowest BCUT2D eigenvalue weighted by atomic mass is 9.87. The first-order valence-electron chi connectivity index (χ1n) is 10.2. The maximum Gasteiger partial charge on any atom is 0.168 e. The molecule has 31 heavy (non-hydrogen) atoms. The van der Waals surface area contributed by atoms with Gasteiger partial charge in [-0.2, -0.15) is 0 Å². The Morgan fingerprint density at radius 1 is 1.39 bits per heavy atom. The molecule has 0 aliphatic rings. The van der Waals surface area contributed by atoms with Crippen LogP contribution in [0.5, 0.6) is 5.75 Å². The van der Waals surface area contributed by atoms with Crippen LogP contribution in [-0.2, 0) is 16.1 Å². The highest BCUT2D eigenvalue weighted by molar-refractivity contribution is 6.30. The Bertz CT molecular complexity index is 797. The van der Waals surface area contributed by atoms with Crippen LogP contribution in [-0.4, -0.2) is 39.7 Å². The van der Waals surface area contributed by atoms with Gasteiger partial charge in [0.25, 0.3) is 0 Å². The number of ether oxygens (including phenoxy) is 2. The highest BCUT2D eigenvalue weighted by Crippen LogP contribution is 2.27. The molecule has 6 nitrogen and oxygen atoms in total. The Balaban J connectivity index is 2.75. The van der Waals surface area contributed by atoms with Gasteiger partial charge in [-0.25, -0.2) is 4.39 Å². The number of methoxy groups -OCH3 is 1. The molecule has 0 aliphatic carbocycles. The van der Waals surface area contributed by atoms with Gasteiger partial charge in [0, 0.05) is 44.6 Å². The number of nitrogens with one attached hydrogen (secondary N) is 3. The number of carbonyl (C=O) groups is 1. The zero-order valence-corrected chi connectivity index (χ0v) is 20.1. The number of benzene rings is 1. The predicted molar refractivity (Wildman–Crippen MR) is 124 cm³/mol. The lowest BCUT2D eigenvalue weighted by Gasteiger charge is -2.27. The fourth-order valence-electron chi connectivity index (χ4n) is 3.24. The molecule has 0 saturated heterocycles. The summed E-state index contributed by atoms with van der Waals surface area (Å²) in [4.78, 5) is 11.6. The summed E-state index contributed by atoms with van der Waals surface area (Å²) in [5.41, 5.74) is 2.39. The van der Waals surface area contributed by atoms with Crippen LogP contribution < -0.4 is 20.7 Å². The number of likely N-dealkylation sites (N-methyl/N-ethyl adjacent to an activating group) is 1. The lowest BCUT2D eigenvalue weighted by molar-refractivity contribution is -0.105. The van der Waals surface area contributed by atoms with Gasteiger partial charge in [0.2, 0.25) is 0 Å². The van der Waals surface area contributed by atoms with E-state index in [0.29, 0.717) is 49.0 Å². The molecule has 0 bridgehead atoms. The van der Waals surface area contributed by atoms with Crippen LogP contribution in [0.2, 0.25) is 5.02 Å². The van der Waals surface area contributed by atoms with Crippen molar-refractivity contribution in [1.82, 2.24) is 16.0 Å². The summed E-state index contributed by atoms with van der Waals surface area (Å²) in [5.74, 6) is -0.0206. The van der Waals surface area contributed by atoms with E-state index in [1.165, 1.54) is 6.07 Å². The second-order valence-electron chi connectivity index (χ2n) is 8.05. The lowest BCUT2D eigenvalue weighted by Crippen LogP contribution is -2.33. The highest BCUT2D eigenvalue weighted by Gasteiger charge is 2.21. The van der Waals surface area contributed by atoms with Crippen molar-refractivity contribution >= 4 is 17.9 Å². The Kier molecular flexibility index (Phi) is 11.0. The first-order chi connectivity index (χ1) is 14.6. The van der Waals surface area contributed by atoms with Crippen LogP contribution in [0.15, 0.2) is 35.8 Å². The summed E-state index contributed by atoms with van der Waals surface area (Å²) in [6.07, 6.45) is 1.12. The van der Waals surface area contributed by atoms with Gasteiger partial charge in [0.15, 0.2) is 6.29 Å². The average molecular weight is 456 g/mol. The highest BCUT2D eigenvalue weighted by atomic mass is 35.5. The van der Waals surface area contributed by atoms with Gasteiger partial charge in [0.1, 0.15) is 17.3 Å². The third kappa shape index (κ3) is 8.51. The molecular formula is C23H35ClFN3O3. The first kappa shape index (κ1) is 26.9. The van der Waals surface area contributed by atoms with E-state index in [2.05, 4.69) is 36.4 Å². The van der Waals surface area contributed by atoms with Crippen LogP contribution in [0.4, 0.5) is 4.39 Å². The van der Waals surface area contributed by atoms with E-state index >= 15 is 0 Å². The number of aldehydes is 1. The van der Waals surface area contributed by atoms with Gasteiger partial charge < -0.3 is 25.4 Å². The van der Waals surface area contributed by atoms with E-state index < -0.39 is 5.82 Å². The SMILES string of the molecule is C=C(CC(C)(C)CNCc1cc(Cl)c(F)cc1OCC)N/C(C=O)=C(/NC)[C@@H](C)OC. The van der Waals surface area contributed by atoms with Crippen molar-refractivity contribution in [2.24, 2.45) is 5.41 Å². The van der Waals surface area contributed by atoms with Gasteiger partial charge in [-0.15, -0.1) is 0 Å². The number of allylic oxidation sites excluding steroid dienone is 2. The van der Waals surface area contributed by atoms with Gasteiger partial charge in [-0.1, -0.05) is 32.0 Å². The maximum absolute atomic E-state index is 13.7. The molecule has 0 radical (unpaired) electrons. The Labute approximate surface area is 190 Å². The maximum atomic E-state index is 13.7. The molecule has 3 N–H and O–H groups in total. The number of hydrogen-bond donors (Lipinski definition) is 3. The first-order valence-corrected chi connectivity index (χ1v) is 10.6. The summed E-state index contributed by atoms with van der Waals surface area (Å²) in [6.45, 7) is 13.5. The topological polar surface area (TPSA) is 71.6 Å². The zero-order valence-electron chi connectivity index (χ0n) is 19.3. The summed E-state index contributed by atoms with van der Waals surface area (Å²) in [6, 6.07) is 2.90. The normalized spacial score (nSPS) is 13.3. The summed E-state index contributed by atoms with van der Waals surface area (Å²) < 4.78 is 24.6. The third-order valence-corrected chi connectivity index (χ3v) is 5.05. The summed E-state index contributed by atoms with van der Waals surface area (Å²) >= 11 is 5.93. The van der Waals surface area contributed by atoms with Gasteiger partial charge >= 0.3 is 0 Å². The van der Waals surface area contributed by atoms with E-state index in [1.54, 1.807) is 20.2 Å². The van der Waals surface area contributed by atoms with Crippen molar-refractivity contribution in [3.8, 4) is 5.75 Å². The van der Waals surface area contributed by atoms with Crippen LogP contribution in [0, 0.1) is 11.2 Å². The minimum atomic E-state index is -0.501. The standard InChI is InChI=1S/C23H35ClFN3O3/c1-8-31-21-10-19(25)18(24)9-17(21)12-27-14-23(4,5)11-15(2)28-20(13-29)22(26-6)16(3)30-7/h9-10,13,16,26-28H,2,8,11-12,14H2,1,3-7H3/b22-20+/t16-/m1/s1. The van der Waals surface area contributed by atoms with E-state index in [-0.39, 0.29) is 16.5 Å². The molecule has 0 fully saturated rings. The third-order valence-electron chi connectivity index (χ3n) is 4.76. The molecule has 0 spiro atoms. The van der Waals surface area contributed by atoms with Crippen molar-refractivity contribution in [2.45, 2.75) is 46.8 Å². The molecule has 1 atom stereocenters. The van der Waals surface area contributed by atoms with Crippen molar-refractivity contribution in [1.29, 1.82) is 0 Å². The largest absolute Gasteiger partial charge is 0.493 e. The minimum Gasteiger partial charge on any atom is -0.493 e. The molecule has 0 unspecified atom stereocenters. The second-order valence-corrected chi connectivity index (χ2v) is 8.46. The number of rotatable bonds is 14. The fraction of sp³-hybridized carbons (Fsp3) is 0.522. The van der Waals surface area contributed by atoms with E-state index in [9.17, 15) is 9.18 Å². The van der Waals surface area contributed by atoms with Gasteiger partial charge in [-0.05, 0) is 31.7 Å². The van der Waals surface area contributed by atoms with Crippen LogP contribution in [0.25, 0.3) is 0 Å². The Morgan fingerprint density at radius 3 is 2.61 bits per heavy atom. The number of hydrogen-bond acceptors (Lipinski definition) is 6. The van der Waals surface area contributed by atoms with Gasteiger partial charge in [0.05, 0.1) is 23.4 Å². The minimum absolute atomic E-state index is 0.0656. The molecule has 174 valence electrons. The quantitative estimate of drug-likeness (QED) is 0.289. The van der Waals surface area contributed by atoms with Crippen molar-refractivity contribution in [3.63, 3.8) is 0 Å². The Hall–Kier alpha value is -2.09. The molecule has 1 aromatic carbocycles. The monoisotopic (exact) mass is 455 g/mol. The molecule has 0 saturated carbocycles. The molecule has 1 rings (SSSR count). The van der Waals surface area contributed by atoms with Crippen molar-refractivity contribution in [3.05, 3.63) is 52.2 Å². The Morgan fingerprint density at radius 2 is 2.06 bits per heavy atom.